The maximum absolute atomic E-state index is 12.7. The lowest BCUT2D eigenvalue weighted by Crippen LogP contribution is -2.32. The van der Waals surface area contributed by atoms with Crippen molar-refractivity contribution in [3.8, 4) is 22.6 Å². The first kappa shape index (κ1) is 21.2. The van der Waals surface area contributed by atoms with Gasteiger partial charge >= 0.3 is 5.97 Å². The minimum atomic E-state index is -0.428. The molecule has 2 aromatic heterocycles. The van der Waals surface area contributed by atoms with Gasteiger partial charge in [-0.15, -0.1) is 0 Å². The van der Waals surface area contributed by atoms with Gasteiger partial charge in [-0.3, -0.25) is 5.10 Å². The number of benzene rings is 2. The molecule has 7 nitrogen and oxygen atoms in total. The van der Waals surface area contributed by atoms with Crippen LogP contribution >= 0.6 is 11.6 Å². The topological polar surface area (TPSA) is 84.0 Å². The van der Waals surface area contributed by atoms with Crippen molar-refractivity contribution in [2.45, 2.75) is 19.9 Å². The molecule has 0 saturated heterocycles. The van der Waals surface area contributed by atoms with Crippen molar-refractivity contribution in [1.29, 1.82) is 0 Å². The van der Waals surface area contributed by atoms with Crippen LogP contribution in [0, 0.1) is 0 Å². The lowest BCUT2D eigenvalue weighted by atomic mass is 10.0. The van der Waals surface area contributed by atoms with Gasteiger partial charge in [-0.05, 0) is 19.1 Å². The maximum Gasteiger partial charge on any atom is 0.343 e. The van der Waals surface area contributed by atoms with E-state index in [4.69, 9.17) is 21.3 Å². The number of hydrogen-bond donors (Lipinski definition) is 1. The number of nitrogens with one attached hydrogen (secondary N) is 1. The summed E-state index contributed by atoms with van der Waals surface area (Å²) in [6.07, 6.45) is 2.32. The van der Waals surface area contributed by atoms with E-state index in [1.54, 1.807) is 13.1 Å². The molecule has 0 spiro atoms. The van der Waals surface area contributed by atoms with Crippen molar-refractivity contribution >= 4 is 23.4 Å². The Morgan fingerprint density at radius 2 is 1.91 bits per heavy atom. The van der Waals surface area contributed by atoms with E-state index < -0.39 is 5.97 Å². The zero-order valence-corrected chi connectivity index (χ0v) is 18.8. The van der Waals surface area contributed by atoms with Gasteiger partial charge in [0.1, 0.15) is 11.4 Å². The van der Waals surface area contributed by atoms with Gasteiger partial charge in [0, 0.05) is 53.1 Å². The Morgan fingerprint density at radius 3 is 2.67 bits per heavy atom. The second-order valence-corrected chi connectivity index (χ2v) is 8.16. The SMILES string of the molecule is CCOC(=O)c1cnc(-c2ccccc2)nc1N1CCc2[nH]nc(-c3ccc(Cl)cc3)c2C1. The van der Waals surface area contributed by atoms with Gasteiger partial charge in [-0.2, -0.15) is 5.10 Å². The molecule has 0 atom stereocenters. The van der Waals surface area contributed by atoms with Crippen LogP contribution in [0.15, 0.2) is 60.8 Å². The van der Waals surface area contributed by atoms with Crippen molar-refractivity contribution in [1.82, 2.24) is 20.2 Å². The zero-order chi connectivity index (χ0) is 22.8. The van der Waals surface area contributed by atoms with E-state index in [0.717, 1.165) is 34.5 Å². The normalized spacial score (nSPS) is 13.0. The van der Waals surface area contributed by atoms with Crippen molar-refractivity contribution < 1.29 is 9.53 Å². The van der Waals surface area contributed by atoms with Crippen LogP contribution in [0.25, 0.3) is 22.6 Å². The Bertz CT molecular complexity index is 1290. The van der Waals surface area contributed by atoms with Gasteiger partial charge in [0.25, 0.3) is 0 Å². The molecule has 0 amide bonds. The molecular weight excluding hydrogens is 438 g/mol. The minimum absolute atomic E-state index is 0.283. The van der Waals surface area contributed by atoms with Crippen LogP contribution < -0.4 is 4.90 Å². The Morgan fingerprint density at radius 1 is 1.12 bits per heavy atom. The summed E-state index contributed by atoms with van der Waals surface area (Å²) in [5.74, 6) is 0.703. The molecule has 1 aliphatic heterocycles. The summed E-state index contributed by atoms with van der Waals surface area (Å²) in [4.78, 5) is 24.1. The molecule has 5 rings (SSSR count). The molecule has 3 heterocycles. The highest BCUT2D eigenvalue weighted by molar-refractivity contribution is 6.30. The summed E-state index contributed by atoms with van der Waals surface area (Å²) in [7, 11) is 0. The van der Waals surface area contributed by atoms with Crippen molar-refractivity contribution in [3.63, 3.8) is 0 Å². The Hall–Kier alpha value is -3.71. The number of halogens is 1. The van der Waals surface area contributed by atoms with Crippen LogP contribution in [0.3, 0.4) is 0 Å². The van der Waals surface area contributed by atoms with Gasteiger partial charge < -0.3 is 9.64 Å². The fourth-order valence-electron chi connectivity index (χ4n) is 4.02. The third-order valence-electron chi connectivity index (χ3n) is 5.65. The number of nitrogens with zero attached hydrogens (tertiary/aromatic N) is 4. The summed E-state index contributed by atoms with van der Waals surface area (Å²) in [6, 6.07) is 17.4. The van der Waals surface area contributed by atoms with Gasteiger partial charge in [0.2, 0.25) is 0 Å². The van der Waals surface area contributed by atoms with Crippen molar-refractivity contribution in [2.24, 2.45) is 0 Å². The smallest absolute Gasteiger partial charge is 0.343 e. The zero-order valence-electron chi connectivity index (χ0n) is 18.1. The van der Waals surface area contributed by atoms with E-state index >= 15 is 0 Å². The summed E-state index contributed by atoms with van der Waals surface area (Å²) in [6.45, 7) is 3.31. The number of fused-ring (bicyclic) bond motifs is 1. The van der Waals surface area contributed by atoms with Crippen molar-refractivity contribution in [3.05, 3.63) is 82.6 Å². The Labute approximate surface area is 196 Å². The summed E-state index contributed by atoms with van der Waals surface area (Å²) in [5, 5.41) is 8.41. The molecule has 1 N–H and O–H groups in total. The molecule has 0 aliphatic carbocycles. The third kappa shape index (κ3) is 4.19. The largest absolute Gasteiger partial charge is 0.462 e. The molecule has 0 fully saturated rings. The molecule has 0 saturated carbocycles. The number of ether oxygens (including phenoxy) is 1. The minimum Gasteiger partial charge on any atom is -0.462 e. The molecular formula is C25H22ClN5O2. The van der Waals surface area contributed by atoms with Crippen LogP contribution in [-0.2, 0) is 17.7 Å². The van der Waals surface area contributed by atoms with Gasteiger partial charge in [0.15, 0.2) is 5.82 Å². The number of esters is 1. The highest BCUT2D eigenvalue weighted by Gasteiger charge is 2.28. The monoisotopic (exact) mass is 459 g/mol. The summed E-state index contributed by atoms with van der Waals surface area (Å²) < 4.78 is 5.29. The highest BCUT2D eigenvalue weighted by atomic mass is 35.5. The van der Waals surface area contributed by atoms with E-state index in [-0.39, 0.29) is 6.61 Å². The predicted molar refractivity (Wildman–Crippen MR) is 127 cm³/mol. The summed E-state index contributed by atoms with van der Waals surface area (Å²) >= 11 is 6.06. The molecule has 33 heavy (non-hydrogen) atoms. The first-order chi connectivity index (χ1) is 16.1. The number of aromatic amines is 1. The van der Waals surface area contributed by atoms with E-state index in [9.17, 15) is 4.79 Å². The molecule has 1 aliphatic rings. The van der Waals surface area contributed by atoms with Crippen LogP contribution in [0.4, 0.5) is 5.82 Å². The number of rotatable bonds is 5. The van der Waals surface area contributed by atoms with E-state index in [0.29, 0.717) is 35.3 Å². The molecule has 0 bridgehead atoms. The Balaban J connectivity index is 1.55. The number of anilines is 1. The molecule has 0 unspecified atom stereocenters. The van der Waals surface area contributed by atoms with Gasteiger partial charge in [-0.1, -0.05) is 54.1 Å². The van der Waals surface area contributed by atoms with E-state index in [1.807, 2.05) is 54.6 Å². The van der Waals surface area contributed by atoms with Crippen LogP contribution in [-0.4, -0.2) is 39.3 Å². The standard InChI is InChI=1S/C25H22ClN5O2/c1-2-33-25(32)19-14-27-23(17-6-4-3-5-7-17)28-24(19)31-13-12-21-20(15-31)22(30-29-21)16-8-10-18(26)11-9-16/h3-11,14H,2,12-13,15H2,1H3,(H,29,30). The Kier molecular flexibility index (Phi) is 5.79. The number of carbonyl (C=O) groups excluding carboxylic acids is 1. The van der Waals surface area contributed by atoms with Crippen LogP contribution in [0.5, 0.6) is 0 Å². The first-order valence-corrected chi connectivity index (χ1v) is 11.2. The number of H-pyrrole nitrogens is 1. The molecule has 2 aromatic carbocycles. The van der Waals surface area contributed by atoms with Crippen molar-refractivity contribution in [2.75, 3.05) is 18.1 Å². The highest BCUT2D eigenvalue weighted by Crippen LogP contribution is 2.32. The predicted octanol–water partition coefficient (Wildman–Crippen LogP) is 4.93. The quantitative estimate of drug-likeness (QED) is 0.426. The van der Waals surface area contributed by atoms with Crippen LogP contribution in [0.1, 0.15) is 28.5 Å². The average Bonchev–Trinajstić information content (AvgIpc) is 3.28. The molecule has 8 heteroatoms. The first-order valence-electron chi connectivity index (χ1n) is 10.8. The third-order valence-corrected chi connectivity index (χ3v) is 5.90. The number of hydrogen-bond acceptors (Lipinski definition) is 6. The maximum atomic E-state index is 12.7. The summed E-state index contributed by atoms with van der Waals surface area (Å²) in [5.41, 5.74) is 5.27. The van der Waals surface area contributed by atoms with Gasteiger partial charge in [-0.25, -0.2) is 14.8 Å². The fraction of sp³-hybridized carbons (Fsp3) is 0.200. The van der Waals surface area contributed by atoms with Gasteiger partial charge in [0.05, 0.1) is 12.3 Å². The molecule has 166 valence electrons. The molecule has 4 aromatic rings. The fourth-order valence-corrected chi connectivity index (χ4v) is 4.14. The lowest BCUT2D eigenvalue weighted by Gasteiger charge is -2.29. The number of carbonyl (C=O) groups is 1. The van der Waals surface area contributed by atoms with E-state index in [2.05, 4.69) is 20.1 Å². The van der Waals surface area contributed by atoms with Crippen LogP contribution in [0.2, 0.25) is 5.02 Å². The van der Waals surface area contributed by atoms with E-state index in [1.165, 1.54) is 0 Å². The average molecular weight is 460 g/mol. The lowest BCUT2D eigenvalue weighted by molar-refractivity contribution is 0.0526. The molecule has 0 radical (unpaired) electrons. The second kappa shape index (κ2) is 9.03. The number of aromatic nitrogens is 4. The second-order valence-electron chi connectivity index (χ2n) is 7.73.